The first-order chi connectivity index (χ1) is 11.2. The van der Waals surface area contributed by atoms with Crippen LogP contribution in [0.5, 0.6) is 17.2 Å². The summed E-state index contributed by atoms with van der Waals surface area (Å²) in [5.41, 5.74) is 4.29. The number of hydrogen-bond acceptors (Lipinski definition) is 5. The molecular formula is C17H16N2O4. The molecule has 0 unspecified atom stereocenters. The van der Waals surface area contributed by atoms with E-state index in [9.17, 15) is 4.79 Å². The van der Waals surface area contributed by atoms with Gasteiger partial charge in [-0.1, -0.05) is 12.1 Å². The Morgan fingerprint density at radius 3 is 3.00 bits per heavy atom. The maximum atomic E-state index is 11.7. The summed E-state index contributed by atoms with van der Waals surface area (Å²) in [6.07, 6.45) is 1.53. The predicted molar refractivity (Wildman–Crippen MR) is 85.0 cm³/mol. The van der Waals surface area contributed by atoms with E-state index in [2.05, 4.69) is 10.5 Å². The lowest BCUT2D eigenvalue weighted by Gasteiger charge is -2.05. The van der Waals surface area contributed by atoms with Gasteiger partial charge in [-0.05, 0) is 48.4 Å². The molecule has 1 heterocycles. The average molecular weight is 312 g/mol. The number of fused-ring (bicyclic) bond motifs is 1. The Bertz CT molecular complexity index is 743. The molecule has 6 heteroatoms. The summed E-state index contributed by atoms with van der Waals surface area (Å²) < 4.78 is 15.9. The monoisotopic (exact) mass is 312 g/mol. The van der Waals surface area contributed by atoms with Gasteiger partial charge in [0, 0.05) is 0 Å². The maximum absolute atomic E-state index is 11.7. The number of rotatable bonds is 5. The Kier molecular flexibility index (Phi) is 4.42. The third kappa shape index (κ3) is 4.00. The lowest BCUT2D eigenvalue weighted by Crippen LogP contribution is -2.24. The summed E-state index contributed by atoms with van der Waals surface area (Å²) >= 11 is 0. The molecule has 2 aromatic carbocycles. The summed E-state index contributed by atoms with van der Waals surface area (Å²) in [6.45, 7) is 2.09. The summed E-state index contributed by atoms with van der Waals surface area (Å²) in [5, 5.41) is 3.90. The molecule has 0 spiro atoms. The molecule has 1 aliphatic rings. The summed E-state index contributed by atoms with van der Waals surface area (Å²) in [4.78, 5) is 11.7. The molecule has 0 radical (unpaired) electrons. The van der Waals surface area contributed by atoms with Crippen LogP contribution in [0.15, 0.2) is 47.6 Å². The third-order valence-corrected chi connectivity index (χ3v) is 3.16. The number of amides is 1. The molecule has 3 rings (SSSR count). The number of benzene rings is 2. The predicted octanol–water partition coefficient (Wildman–Crippen LogP) is 2.25. The number of ether oxygens (including phenoxy) is 3. The van der Waals surface area contributed by atoms with Crippen LogP contribution in [0, 0.1) is 6.92 Å². The van der Waals surface area contributed by atoms with Gasteiger partial charge in [0.15, 0.2) is 18.1 Å². The molecule has 0 aromatic heterocycles. The second kappa shape index (κ2) is 6.83. The van der Waals surface area contributed by atoms with E-state index in [1.54, 1.807) is 18.2 Å². The van der Waals surface area contributed by atoms with Gasteiger partial charge < -0.3 is 14.2 Å². The molecule has 6 nitrogen and oxygen atoms in total. The van der Waals surface area contributed by atoms with Crippen molar-refractivity contribution in [1.82, 2.24) is 5.43 Å². The fraction of sp³-hybridized carbons (Fsp3) is 0.176. The van der Waals surface area contributed by atoms with Gasteiger partial charge in [0.1, 0.15) is 5.75 Å². The van der Waals surface area contributed by atoms with E-state index >= 15 is 0 Å². The van der Waals surface area contributed by atoms with Crippen LogP contribution < -0.4 is 19.6 Å². The summed E-state index contributed by atoms with van der Waals surface area (Å²) in [7, 11) is 0. The first-order valence-corrected chi connectivity index (χ1v) is 7.12. The van der Waals surface area contributed by atoms with Gasteiger partial charge in [0.2, 0.25) is 6.79 Å². The lowest BCUT2D eigenvalue weighted by molar-refractivity contribution is -0.123. The summed E-state index contributed by atoms with van der Waals surface area (Å²) in [6, 6.07) is 12.9. The van der Waals surface area contributed by atoms with Crippen molar-refractivity contribution in [3.63, 3.8) is 0 Å². The Balaban J connectivity index is 1.48. The zero-order valence-electron chi connectivity index (χ0n) is 12.6. The molecule has 0 bridgehead atoms. The van der Waals surface area contributed by atoms with Gasteiger partial charge in [-0.3, -0.25) is 4.79 Å². The molecule has 118 valence electrons. The fourth-order valence-corrected chi connectivity index (χ4v) is 2.06. The van der Waals surface area contributed by atoms with Gasteiger partial charge in [0.05, 0.1) is 6.21 Å². The van der Waals surface area contributed by atoms with Crippen molar-refractivity contribution in [2.45, 2.75) is 6.92 Å². The van der Waals surface area contributed by atoms with Crippen molar-refractivity contribution < 1.29 is 19.0 Å². The molecule has 1 N–H and O–H groups in total. The highest BCUT2D eigenvalue weighted by molar-refractivity contribution is 5.83. The molecule has 1 amide bonds. The van der Waals surface area contributed by atoms with Crippen LogP contribution in [0.1, 0.15) is 11.1 Å². The van der Waals surface area contributed by atoms with Crippen molar-refractivity contribution in [2.24, 2.45) is 5.10 Å². The molecule has 0 aliphatic carbocycles. The zero-order valence-corrected chi connectivity index (χ0v) is 12.6. The van der Waals surface area contributed by atoms with Crippen LogP contribution in [0.4, 0.5) is 0 Å². The maximum Gasteiger partial charge on any atom is 0.277 e. The molecule has 23 heavy (non-hydrogen) atoms. The van der Waals surface area contributed by atoms with Crippen LogP contribution in [-0.4, -0.2) is 25.5 Å². The molecule has 1 aliphatic heterocycles. The van der Waals surface area contributed by atoms with Crippen molar-refractivity contribution in [1.29, 1.82) is 0 Å². The Hall–Kier alpha value is -3.02. The van der Waals surface area contributed by atoms with Crippen molar-refractivity contribution in [3.05, 3.63) is 53.6 Å². The number of nitrogens with zero attached hydrogens (tertiary/aromatic N) is 1. The van der Waals surface area contributed by atoms with Crippen LogP contribution in [-0.2, 0) is 4.79 Å². The van der Waals surface area contributed by atoms with Gasteiger partial charge in [-0.15, -0.1) is 0 Å². The zero-order chi connectivity index (χ0) is 16.1. The molecule has 0 saturated carbocycles. The second-order valence-corrected chi connectivity index (χ2v) is 5.01. The number of carbonyl (C=O) groups excluding carboxylic acids is 1. The summed E-state index contributed by atoms with van der Waals surface area (Å²) in [5.74, 6) is 1.70. The number of hydrogen-bond donors (Lipinski definition) is 1. The Labute approximate surface area is 133 Å². The number of aryl methyl sites for hydroxylation is 1. The quantitative estimate of drug-likeness (QED) is 0.679. The average Bonchev–Trinajstić information content (AvgIpc) is 3.01. The molecule has 0 atom stereocenters. The van der Waals surface area contributed by atoms with Gasteiger partial charge in [0.25, 0.3) is 5.91 Å². The third-order valence-electron chi connectivity index (χ3n) is 3.16. The van der Waals surface area contributed by atoms with E-state index in [0.717, 1.165) is 11.1 Å². The van der Waals surface area contributed by atoms with Crippen LogP contribution in [0.25, 0.3) is 0 Å². The molecule has 0 saturated heterocycles. The number of hydrazone groups is 1. The first-order valence-electron chi connectivity index (χ1n) is 7.12. The molecule has 2 aromatic rings. The van der Waals surface area contributed by atoms with Gasteiger partial charge in [-0.2, -0.15) is 5.10 Å². The van der Waals surface area contributed by atoms with E-state index < -0.39 is 0 Å². The van der Waals surface area contributed by atoms with Crippen molar-refractivity contribution >= 4 is 12.1 Å². The largest absolute Gasteiger partial charge is 0.484 e. The van der Waals surface area contributed by atoms with Crippen LogP contribution in [0.2, 0.25) is 0 Å². The molecule has 0 fully saturated rings. The minimum Gasteiger partial charge on any atom is -0.484 e. The number of nitrogens with one attached hydrogen (secondary N) is 1. The van der Waals surface area contributed by atoms with E-state index in [0.29, 0.717) is 17.2 Å². The topological polar surface area (TPSA) is 69.2 Å². The highest BCUT2D eigenvalue weighted by Gasteiger charge is 2.12. The minimum absolute atomic E-state index is 0.0953. The smallest absolute Gasteiger partial charge is 0.277 e. The number of carbonyl (C=O) groups is 1. The Morgan fingerprint density at radius 1 is 1.26 bits per heavy atom. The SMILES string of the molecule is Cc1cccc(OCC(=O)N/N=C/c2ccc3c(c2)OCO3)c1. The highest BCUT2D eigenvalue weighted by Crippen LogP contribution is 2.31. The molecular weight excluding hydrogens is 296 g/mol. The standard InChI is InChI=1S/C17H16N2O4/c1-12-3-2-4-14(7-12)21-10-17(20)19-18-9-13-5-6-15-16(8-13)23-11-22-15/h2-9H,10-11H2,1H3,(H,19,20)/b18-9+. The van der Waals surface area contributed by atoms with Crippen molar-refractivity contribution in [2.75, 3.05) is 13.4 Å². The lowest BCUT2D eigenvalue weighted by atomic mass is 10.2. The van der Waals surface area contributed by atoms with E-state index in [1.807, 2.05) is 31.2 Å². The highest BCUT2D eigenvalue weighted by atomic mass is 16.7. The van der Waals surface area contributed by atoms with E-state index in [4.69, 9.17) is 14.2 Å². The van der Waals surface area contributed by atoms with Crippen molar-refractivity contribution in [3.8, 4) is 17.2 Å². The van der Waals surface area contributed by atoms with Crippen LogP contribution in [0.3, 0.4) is 0 Å². The van der Waals surface area contributed by atoms with Gasteiger partial charge >= 0.3 is 0 Å². The van der Waals surface area contributed by atoms with Gasteiger partial charge in [-0.25, -0.2) is 5.43 Å². The Morgan fingerprint density at radius 2 is 2.13 bits per heavy atom. The normalized spacial score (nSPS) is 12.4. The second-order valence-electron chi connectivity index (χ2n) is 5.01. The fourth-order valence-electron chi connectivity index (χ4n) is 2.06. The van der Waals surface area contributed by atoms with Crippen LogP contribution >= 0.6 is 0 Å². The van der Waals surface area contributed by atoms with E-state index in [-0.39, 0.29) is 19.3 Å². The first kappa shape index (κ1) is 14.9. The minimum atomic E-state index is -0.330. The van der Waals surface area contributed by atoms with E-state index in [1.165, 1.54) is 6.21 Å².